The molecule has 2 saturated heterocycles. The molecule has 4 heteroatoms. The normalized spacial score (nSPS) is 29.1. The Morgan fingerprint density at radius 1 is 1.29 bits per heavy atom. The molecule has 2 fully saturated rings. The number of ether oxygens (including phenoxy) is 1. The van der Waals surface area contributed by atoms with Crippen LogP contribution in [0.15, 0.2) is 0 Å². The van der Waals surface area contributed by atoms with Gasteiger partial charge < -0.3 is 19.9 Å². The van der Waals surface area contributed by atoms with Crippen LogP contribution in [-0.4, -0.2) is 76.4 Å². The fraction of sp³-hybridized carbons (Fsp3) is 1.00. The first-order valence-electron chi connectivity index (χ1n) is 8.79. The van der Waals surface area contributed by atoms with Crippen LogP contribution in [0.1, 0.15) is 32.6 Å². The average molecular weight is 297 g/mol. The second kappa shape index (κ2) is 8.47. The van der Waals surface area contributed by atoms with Gasteiger partial charge in [0.2, 0.25) is 0 Å². The van der Waals surface area contributed by atoms with Crippen LogP contribution >= 0.6 is 0 Å². The smallest absolute Gasteiger partial charge is 0.0546 e. The van der Waals surface area contributed by atoms with Crippen molar-refractivity contribution >= 4 is 0 Å². The van der Waals surface area contributed by atoms with Crippen LogP contribution in [0.4, 0.5) is 0 Å². The maximum atomic E-state index is 5.82. The van der Waals surface area contributed by atoms with Gasteiger partial charge >= 0.3 is 0 Å². The third-order valence-corrected chi connectivity index (χ3v) is 5.04. The molecule has 0 aromatic heterocycles. The Hall–Kier alpha value is -0.160. The van der Waals surface area contributed by atoms with Gasteiger partial charge in [-0.2, -0.15) is 0 Å². The van der Waals surface area contributed by atoms with E-state index in [4.69, 9.17) is 4.74 Å². The van der Waals surface area contributed by atoms with Crippen molar-refractivity contribution < 1.29 is 4.74 Å². The van der Waals surface area contributed by atoms with Crippen molar-refractivity contribution in [2.45, 2.75) is 32.6 Å². The summed E-state index contributed by atoms with van der Waals surface area (Å²) in [6.45, 7) is 11.3. The molecule has 0 amide bonds. The lowest BCUT2D eigenvalue weighted by Gasteiger charge is -2.43. The van der Waals surface area contributed by atoms with E-state index in [0.717, 1.165) is 32.2 Å². The fourth-order valence-electron chi connectivity index (χ4n) is 3.94. The fourth-order valence-corrected chi connectivity index (χ4v) is 3.94. The van der Waals surface area contributed by atoms with Gasteiger partial charge in [0.05, 0.1) is 6.61 Å². The summed E-state index contributed by atoms with van der Waals surface area (Å²) in [5.41, 5.74) is 0.350. The Labute approximate surface area is 131 Å². The van der Waals surface area contributed by atoms with Crippen molar-refractivity contribution in [2.75, 3.05) is 66.6 Å². The third kappa shape index (κ3) is 5.51. The molecular weight excluding hydrogens is 262 g/mol. The molecule has 2 rings (SSSR count). The molecular formula is C17H35N3O. The lowest BCUT2D eigenvalue weighted by molar-refractivity contribution is -0.0309. The van der Waals surface area contributed by atoms with Gasteiger partial charge in [-0.25, -0.2) is 0 Å². The zero-order valence-electron chi connectivity index (χ0n) is 14.4. The van der Waals surface area contributed by atoms with Gasteiger partial charge in [-0.05, 0) is 65.3 Å². The summed E-state index contributed by atoms with van der Waals surface area (Å²) >= 11 is 0. The largest absolute Gasteiger partial charge is 0.381 e. The van der Waals surface area contributed by atoms with Crippen LogP contribution in [0.5, 0.6) is 0 Å². The molecule has 1 atom stereocenters. The van der Waals surface area contributed by atoms with E-state index >= 15 is 0 Å². The predicted octanol–water partition coefficient (Wildman–Crippen LogP) is 1.67. The minimum atomic E-state index is 0.350. The van der Waals surface area contributed by atoms with Crippen LogP contribution in [0.25, 0.3) is 0 Å². The van der Waals surface area contributed by atoms with E-state index in [2.05, 4.69) is 36.1 Å². The molecule has 0 aliphatic carbocycles. The highest BCUT2D eigenvalue weighted by atomic mass is 16.5. The quantitative estimate of drug-likeness (QED) is 0.773. The Morgan fingerprint density at radius 3 is 2.62 bits per heavy atom. The SMILES string of the molecule is CCNCC1(CN2CCC(CN(C)C)CC2)CCCOC1. The summed E-state index contributed by atoms with van der Waals surface area (Å²) in [5.74, 6) is 0.892. The zero-order valence-corrected chi connectivity index (χ0v) is 14.4. The molecule has 2 heterocycles. The summed E-state index contributed by atoms with van der Waals surface area (Å²) < 4.78 is 5.82. The summed E-state index contributed by atoms with van der Waals surface area (Å²) in [4.78, 5) is 5.03. The summed E-state index contributed by atoms with van der Waals surface area (Å²) in [5, 5.41) is 3.57. The van der Waals surface area contributed by atoms with Gasteiger partial charge in [0.1, 0.15) is 0 Å². The molecule has 124 valence electrons. The van der Waals surface area contributed by atoms with E-state index in [0.29, 0.717) is 5.41 Å². The summed E-state index contributed by atoms with van der Waals surface area (Å²) in [6, 6.07) is 0. The minimum absolute atomic E-state index is 0.350. The van der Waals surface area contributed by atoms with Gasteiger partial charge in [0.15, 0.2) is 0 Å². The maximum absolute atomic E-state index is 5.82. The van der Waals surface area contributed by atoms with Crippen LogP contribution in [0.3, 0.4) is 0 Å². The molecule has 0 radical (unpaired) electrons. The van der Waals surface area contributed by atoms with Crippen LogP contribution in [0, 0.1) is 11.3 Å². The van der Waals surface area contributed by atoms with Crippen molar-refractivity contribution in [3.63, 3.8) is 0 Å². The van der Waals surface area contributed by atoms with E-state index in [-0.39, 0.29) is 0 Å². The molecule has 2 aliphatic rings. The molecule has 0 aromatic rings. The highest BCUT2D eigenvalue weighted by molar-refractivity contribution is 4.88. The molecule has 1 unspecified atom stereocenters. The molecule has 0 spiro atoms. The Bertz CT molecular complexity index is 282. The van der Waals surface area contributed by atoms with Crippen molar-refractivity contribution in [3.05, 3.63) is 0 Å². The first-order chi connectivity index (χ1) is 10.1. The molecule has 1 N–H and O–H groups in total. The molecule has 21 heavy (non-hydrogen) atoms. The first-order valence-corrected chi connectivity index (χ1v) is 8.79. The van der Waals surface area contributed by atoms with Crippen molar-refractivity contribution in [2.24, 2.45) is 11.3 Å². The molecule has 4 nitrogen and oxygen atoms in total. The van der Waals surface area contributed by atoms with Gasteiger partial charge in [-0.3, -0.25) is 0 Å². The lowest BCUT2D eigenvalue weighted by Crippen LogP contribution is -2.51. The topological polar surface area (TPSA) is 27.7 Å². The van der Waals surface area contributed by atoms with Gasteiger partial charge in [-0.1, -0.05) is 6.92 Å². The third-order valence-electron chi connectivity index (χ3n) is 5.04. The van der Waals surface area contributed by atoms with Gasteiger partial charge in [0, 0.05) is 31.7 Å². The van der Waals surface area contributed by atoms with E-state index < -0.39 is 0 Å². The minimum Gasteiger partial charge on any atom is -0.381 e. The number of rotatable bonds is 7. The molecule has 0 saturated carbocycles. The van der Waals surface area contributed by atoms with E-state index in [1.165, 1.54) is 51.9 Å². The van der Waals surface area contributed by atoms with Gasteiger partial charge in [-0.15, -0.1) is 0 Å². The lowest BCUT2D eigenvalue weighted by atomic mass is 9.81. The monoisotopic (exact) mass is 297 g/mol. The average Bonchev–Trinajstić information content (AvgIpc) is 2.48. The van der Waals surface area contributed by atoms with Crippen molar-refractivity contribution in [1.29, 1.82) is 0 Å². The highest BCUT2D eigenvalue weighted by Crippen LogP contribution is 2.31. The summed E-state index contributed by atoms with van der Waals surface area (Å²) in [6.07, 6.45) is 5.26. The number of hydrogen-bond acceptors (Lipinski definition) is 4. The number of piperidine rings is 1. The van der Waals surface area contributed by atoms with Gasteiger partial charge in [0.25, 0.3) is 0 Å². The summed E-state index contributed by atoms with van der Waals surface area (Å²) in [7, 11) is 4.38. The van der Waals surface area contributed by atoms with Crippen LogP contribution in [0.2, 0.25) is 0 Å². The maximum Gasteiger partial charge on any atom is 0.0546 e. The number of likely N-dealkylation sites (tertiary alicyclic amines) is 1. The second-order valence-electron chi connectivity index (χ2n) is 7.42. The molecule has 0 aromatic carbocycles. The highest BCUT2D eigenvalue weighted by Gasteiger charge is 2.35. The number of hydrogen-bond donors (Lipinski definition) is 1. The van der Waals surface area contributed by atoms with Crippen molar-refractivity contribution in [1.82, 2.24) is 15.1 Å². The molecule has 0 bridgehead atoms. The van der Waals surface area contributed by atoms with E-state index in [1.807, 2.05) is 0 Å². The van der Waals surface area contributed by atoms with Crippen LogP contribution < -0.4 is 5.32 Å². The Morgan fingerprint density at radius 2 is 2.05 bits per heavy atom. The predicted molar refractivity (Wildman–Crippen MR) is 88.7 cm³/mol. The van der Waals surface area contributed by atoms with Crippen LogP contribution in [-0.2, 0) is 4.74 Å². The Balaban J connectivity index is 1.81. The second-order valence-corrected chi connectivity index (χ2v) is 7.42. The van der Waals surface area contributed by atoms with E-state index in [1.54, 1.807) is 0 Å². The van der Waals surface area contributed by atoms with Crippen molar-refractivity contribution in [3.8, 4) is 0 Å². The van der Waals surface area contributed by atoms with E-state index in [9.17, 15) is 0 Å². The zero-order chi connectivity index (χ0) is 15.1. The molecule has 2 aliphatic heterocycles. The first kappa shape index (κ1) is 17.2. The number of nitrogens with one attached hydrogen (secondary N) is 1. The number of nitrogens with zero attached hydrogens (tertiary/aromatic N) is 2. The standard InChI is InChI=1S/C17H35N3O/c1-4-18-13-17(8-5-11-21-15-17)14-20-9-6-16(7-10-20)12-19(2)3/h16,18H,4-15H2,1-3H3. The Kier molecular flexibility index (Phi) is 6.93.